The molecule has 0 aromatic heterocycles. The van der Waals surface area contributed by atoms with E-state index in [2.05, 4.69) is 0 Å². The molecule has 1 aliphatic carbocycles. The number of carbonyl (C=O) groups is 2. The van der Waals surface area contributed by atoms with E-state index in [1.54, 1.807) is 18.9 Å². The van der Waals surface area contributed by atoms with Crippen LogP contribution in [0, 0.1) is 0 Å². The van der Waals surface area contributed by atoms with Crippen LogP contribution in [0.5, 0.6) is 11.5 Å². The van der Waals surface area contributed by atoms with Crippen molar-refractivity contribution >= 4 is 11.9 Å². The van der Waals surface area contributed by atoms with Crippen LogP contribution in [-0.2, 0) is 4.79 Å². The number of likely N-dealkylation sites (N-methyl/N-ethyl adjacent to an activating group) is 1. The number of hydrogen-bond donors (Lipinski definition) is 1. The molecule has 1 amide bonds. The van der Waals surface area contributed by atoms with Crippen molar-refractivity contribution < 1.29 is 24.2 Å². The molecule has 0 unspecified atom stereocenters. The average Bonchev–Trinajstić information content (AvgIpc) is 3.29. The third kappa shape index (κ3) is 3.87. The Morgan fingerprint density at radius 2 is 2.00 bits per heavy atom. The Hall–Kier alpha value is -2.24. The largest absolute Gasteiger partial charge is 0.490 e. The third-order valence-electron chi connectivity index (χ3n) is 3.33. The van der Waals surface area contributed by atoms with Gasteiger partial charge in [0, 0.05) is 13.1 Å². The van der Waals surface area contributed by atoms with Crippen molar-refractivity contribution in [2.24, 2.45) is 0 Å². The highest BCUT2D eigenvalue weighted by Crippen LogP contribution is 2.29. The molecule has 6 heteroatoms. The predicted octanol–water partition coefficient (Wildman–Crippen LogP) is 1.78. The summed E-state index contributed by atoms with van der Waals surface area (Å²) in [5, 5.41) is 8.97. The van der Waals surface area contributed by atoms with Crippen molar-refractivity contribution in [1.29, 1.82) is 0 Å². The molecular formula is C15H19NO5. The number of carboxylic acid groups (broad SMARTS) is 1. The molecule has 114 valence electrons. The van der Waals surface area contributed by atoms with Crippen molar-refractivity contribution in [3.05, 3.63) is 23.8 Å². The topological polar surface area (TPSA) is 76.1 Å². The maximum atomic E-state index is 11.9. The number of nitrogens with zero attached hydrogens (tertiary/aromatic N) is 1. The second-order valence-corrected chi connectivity index (χ2v) is 4.92. The fourth-order valence-corrected chi connectivity index (χ4v) is 1.94. The monoisotopic (exact) mass is 293 g/mol. The first-order chi connectivity index (χ1) is 10.0. The molecule has 2 rings (SSSR count). The van der Waals surface area contributed by atoms with Crippen LogP contribution in [0.3, 0.4) is 0 Å². The first-order valence-corrected chi connectivity index (χ1v) is 6.91. The van der Waals surface area contributed by atoms with Crippen molar-refractivity contribution in [2.45, 2.75) is 25.8 Å². The van der Waals surface area contributed by atoms with Gasteiger partial charge in [-0.15, -0.1) is 0 Å². The quantitative estimate of drug-likeness (QED) is 0.829. The molecule has 0 bridgehead atoms. The Balaban J connectivity index is 2.04. The summed E-state index contributed by atoms with van der Waals surface area (Å²) in [5.74, 6) is -0.423. The summed E-state index contributed by atoms with van der Waals surface area (Å²) in [5.41, 5.74) is 0.118. The molecular weight excluding hydrogens is 274 g/mol. The second kappa shape index (κ2) is 6.47. The SMILES string of the molecule is CCOc1cc(C(=O)O)ccc1OCC(=O)N(C)C1CC1. The summed E-state index contributed by atoms with van der Waals surface area (Å²) in [6.07, 6.45) is 2.08. The minimum atomic E-state index is -1.04. The molecule has 1 saturated carbocycles. The summed E-state index contributed by atoms with van der Waals surface area (Å²) in [7, 11) is 1.76. The number of benzene rings is 1. The van der Waals surface area contributed by atoms with Gasteiger partial charge in [-0.1, -0.05) is 0 Å². The van der Waals surface area contributed by atoms with Crippen LogP contribution in [-0.4, -0.2) is 48.2 Å². The zero-order valence-electron chi connectivity index (χ0n) is 12.2. The van der Waals surface area contributed by atoms with Gasteiger partial charge < -0.3 is 19.5 Å². The van der Waals surface area contributed by atoms with Crippen molar-refractivity contribution in [3.63, 3.8) is 0 Å². The molecule has 1 aromatic rings. The van der Waals surface area contributed by atoms with Gasteiger partial charge in [-0.2, -0.15) is 0 Å². The smallest absolute Gasteiger partial charge is 0.335 e. The van der Waals surface area contributed by atoms with Gasteiger partial charge in [0.15, 0.2) is 18.1 Å². The minimum Gasteiger partial charge on any atom is -0.490 e. The highest BCUT2D eigenvalue weighted by molar-refractivity contribution is 5.88. The zero-order valence-corrected chi connectivity index (χ0v) is 12.2. The molecule has 0 radical (unpaired) electrons. The summed E-state index contributed by atoms with van der Waals surface area (Å²) in [6.45, 7) is 2.10. The van der Waals surface area contributed by atoms with Crippen LogP contribution in [0.1, 0.15) is 30.1 Å². The van der Waals surface area contributed by atoms with Gasteiger partial charge in [-0.25, -0.2) is 4.79 Å². The van der Waals surface area contributed by atoms with E-state index in [0.29, 0.717) is 24.1 Å². The van der Waals surface area contributed by atoms with Crippen LogP contribution in [0.4, 0.5) is 0 Å². The average molecular weight is 293 g/mol. The number of ether oxygens (including phenoxy) is 2. The first kappa shape index (κ1) is 15.2. The highest BCUT2D eigenvalue weighted by Gasteiger charge is 2.29. The van der Waals surface area contributed by atoms with E-state index < -0.39 is 5.97 Å². The predicted molar refractivity (Wildman–Crippen MR) is 75.9 cm³/mol. The molecule has 0 aliphatic heterocycles. The van der Waals surface area contributed by atoms with E-state index in [-0.39, 0.29) is 18.1 Å². The number of carboxylic acids is 1. The Bertz CT molecular complexity index is 539. The molecule has 0 atom stereocenters. The van der Waals surface area contributed by atoms with Gasteiger partial charge >= 0.3 is 5.97 Å². The molecule has 1 N–H and O–H groups in total. The lowest BCUT2D eigenvalue weighted by Crippen LogP contribution is -2.33. The molecule has 1 aliphatic rings. The van der Waals surface area contributed by atoms with Gasteiger partial charge in [-0.3, -0.25) is 4.79 Å². The van der Waals surface area contributed by atoms with Crippen molar-refractivity contribution in [1.82, 2.24) is 4.90 Å². The van der Waals surface area contributed by atoms with Crippen LogP contribution in [0.15, 0.2) is 18.2 Å². The fourth-order valence-electron chi connectivity index (χ4n) is 1.94. The molecule has 0 saturated heterocycles. The van der Waals surface area contributed by atoms with Gasteiger partial charge in [0.05, 0.1) is 12.2 Å². The molecule has 1 fully saturated rings. The van der Waals surface area contributed by atoms with Crippen LogP contribution >= 0.6 is 0 Å². The third-order valence-corrected chi connectivity index (χ3v) is 3.33. The van der Waals surface area contributed by atoms with Crippen LogP contribution in [0.2, 0.25) is 0 Å². The Morgan fingerprint density at radius 3 is 2.57 bits per heavy atom. The van der Waals surface area contributed by atoms with Gasteiger partial charge in [0.1, 0.15) is 0 Å². The Kier molecular flexibility index (Phi) is 4.67. The van der Waals surface area contributed by atoms with Gasteiger partial charge in [0.25, 0.3) is 5.91 Å². The van der Waals surface area contributed by atoms with E-state index in [4.69, 9.17) is 14.6 Å². The minimum absolute atomic E-state index is 0.0838. The lowest BCUT2D eigenvalue weighted by Gasteiger charge is -2.17. The number of aromatic carboxylic acids is 1. The lowest BCUT2D eigenvalue weighted by molar-refractivity contribution is -0.132. The van der Waals surface area contributed by atoms with Gasteiger partial charge in [0.2, 0.25) is 0 Å². The molecule has 21 heavy (non-hydrogen) atoms. The maximum Gasteiger partial charge on any atom is 0.335 e. The number of hydrogen-bond acceptors (Lipinski definition) is 4. The number of amides is 1. The van der Waals surface area contributed by atoms with Crippen LogP contribution < -0.4 is 9.47 Å². The summed E-state index contributed by atoms with van der Waals surface area (Å²) in [6, 6.07) is 4.67. The Labute approximate surface area is 123 Å². The molecule has 1 aromatic carbocycles. The maximum absolute atomic E-state index is 11.9. The number of rotatable bonds is 7. The first-order valence-electron chi connectivity index (χ1n) is 6.91. The van der Waals surface area contributed by atoms with E-state index in [1.165, 1.54) is 18.2 Å². The second-order valence-electron chi connectivity index (χ2n) is 4.92. The van der Waals surface area contributed by atoms with Crippen LogP contribution in [0.25, 0.3) is 0 Å². The highest BCUT2D eigenvalue weighted by atomic mass is 16.5. The van der Waals surface area contributed by atoms with Crippen molar-refractivity contribution in [2.75, 3.05) is 20.3 Å². The molecule has 6 nitrogen and oxygen atoms in total. The number of carbonyl (C=O) groups excluding carboxylic acids is 1. The van der Waals surface area contributed by atoms with Crippen molar-refractivity contribution in [3.8, 4) is 11.5 Å². The van der Waals surface area contributed by atoms with E-state index in [1.807, 2.05) is 0 Å². The summed E-state index contributed by atoms with van der Waals surface area (Å²) in [4.78, 5) is 24.5. The standard InChI is InChI=1S/C15H19NO5/c1-3-20-13-8-10(15(18)19)4-7-12(13)21-9-14(17)16(2)11-5-6-11/h4,7-8,11H,3,5-6,9H2,1-2H3,(H,18,19). The van der Waals surface area contributed by atoms with E-state index in [0.717, 1.165) is 12.8 Å². The zero-order chi connectivity index (χ0) is 15.4. The molecule has 0 spiro atoms. The lowest BCUT2D eigenvalue weighted by atomic mass is 10.2. The van der Waals surface area contributed by atoms with Gasteiger partial charge in [-0.05, 0) is 38.0 Å². The molecule has 0 heterocycles. The summed E-state index contributed by atoms with van der Waals surface area (Å²) >= 11 is 0. The summed E-state index contributed by atoms with van der Waals surface area (Å²) < 4.78 is 10.8. The Morgan fingerprint density at radius 1 is 1.29 bits per heavy atom. The van der Waals surface area contributed by atoms with E-state index >= 15 is 0 Å². The fraction of sp³-hybridized carbons (Fsp3) is 0.467. The van der Waals surface area contributed by atoms with E-state index in [9.17, 15) is 9.59 Å². The normalized spacial score (nSPS) is 13.6.